The Morgan fingerprint density at radius 3 is 2.78 bits per heavy atom. The van der Waals surface area contributed by atoms with Crippen LogP contribution in [0, 0.1) is 5.82 Å². The minimum absolute atomic E-state index is 0.0741. The molecule has 2 N–H and O–H groups in total. The predicted molar refractivity (Wildman–Crippen MR) is 66.8 cm³/mol. The molecular formula is C10H9BrFN3O2S. The van der Waals surface area contributed by atoms with E-state index in [4.69, 9.17) is 5.14 Å². The molecule has 0 aliphatic carbocycles. The van der Waals surface area contributed by atoms with Crippen LogP contribution in [0.2, 0.25) is 0 Å². The summed E-state index contributed by atoms with van der Waals surface area (Å²) in [5.41, 5.74) is 0.652. The van der Waals surface area contributed by atoms with Crippen LogP contribution in [0.1, 0.15) is 5.56 Å². The Kier molecular flexibility index (Phi) is 3.51. The van der Waals surface area contributed by atoms with Crippen LogP contribution in [-0.4, -0.2) is 18.2 Å². The van der Waals surface area contributed by atoms with Gasteiger partial charge in [0.2, 0.25) is 10.0 Å². The van der Waals surface area contributed by atoms with Gasteiger partial charge in [-0.2, -0.15) is 5.10 Å². The number of nitrogens with two attached hydrogens (primary N) is 1. The lowest BCUT2D eigenvalue weighted by molar-refractivity contribution is 0.596. The maximum atomic E-state index is 13.3. The lowest BCUT2D eigenvalue weighted by Gasteiger charge is -2.05. The quantitative estimate of drug-likeness (QED) is 0.924. The van der Waals surface area contributed by atoms with Crippen LogP contribution in [0.3, 0.4) is 0 Å². The molecular weight excluding hydrogens is 325 g/mol. The Balaban J connectivity index is 2.30. The fourth-order valence-electron chi connectivity index (χ4n) is 1.42. The van der Waals surface area contributed by atoms with Crippen LogP contribution in [-0.2, 0) is 16.6 Å². The zero-order valence-corrected chi connectivity index (χ0v) is 11.4. The van der Waals surface area contributed by atoms with Crippen LogP contribution in [0.5, 0.6) is 0 Å². The van der Waals surface area contributed by atoms with Crippen molar-refractivity contribution in [2.45, 2.75) is 11.4 Å². The number of nitrogens with zero attached hydrogens (tertiary/aromatic N) is 2. The van der Waals surface area contributed by atoms with Gasteiger partial charge in [-0.3, -0.25) is 4.68 Å². The molecule has 0 spiro atoms. The van der Waals surface area contributed by atoms with E-state index in [-0.39, 0.29) is 17.3 Å². The maximum Gasteiger partial charge on any atom is 0.241 e. The SMILES string of the molecule is NS(=O)(=O)c1cnn(Cc2cccc(F)c2Br)c1. The normalized spacial score (nSPS) is 11.7. The van der Waals surface area contributed by atoms with Gasteiger partial charge in [-0.25, -0.2) is 17.9 Å². The van der Waals surface area contributed by atoms with Crippen molar-refractivity contribution < 1.29 is 12.8 Å². The fourth-order valence-corrected chi connectivity index (χ4v) is 2.28. The summed E-state index contributed by atoms with van der Waals surface area (Å²) in [7, 11) is -3.76. The van der Waals surface area contributed by atoms with Crippen LogP contribution >= 0.6 is 15.9 Å². The summed E-state index contributed by atoms with van der Waals surface area (Å²) in [5, 5.41) is 8.83. The minimum atomic E-state index is -3.76. The van der Waals surface area contributed by atoms with Gasteiger partial charge in [0.1, 0.15) is 10.7 Å². The molecule has 96 valence electrons. The van der Waals surface area contributed by atoms with E-state index in [1.165, 1.54) is 16.9 Å². The first-order chi connectivity index (χ1) is 8.38. The van der Waals surface area contributed by atoms with Crippen molar-refractivity contribution in [1.82, 2.24) is 9.78 Å². The van der Waals surface area contributed by atoms with Crippen molar-refractivity contribution in [2.24, 2.45) is 5.14 Å². The zero-order chi connectivity index (χ0) is 13.3. The van der Waals surface area contributed by atoms with Gasteiger partial charge < -0.3 is 0 Å². The first-order valence-corrected chi connectivity index (χ1v) is 7.20. The highest BCUT2D eigenvalue weighted by molar-refractivity contribution is 9.10. The molecule has 5 nitrogen and oxygen atoms in total. The third kappa shape index (κ3) is 2.77. The molecule has 1 aromatic heterocycles. The number of primary sulfonamides is 1. The Bertz CT molecular complexity index is 684. The molecule has 0 fully saturated rings. The van der Waals surface area contributed by atoms with Crippen molar-refractivity contribution in [3.63, 3.8) is 0 Å². The predicted octanol–water partition coefficient (Wildman–Crippen LogP) is 1.48. The number of aromatic nitrogens is 2. The van der Waals surface area contributed by atoms with E-state index >= 15 is 0 Å². The first kappa shape index (κ1) is 13.2. The average Bonchev–Trinajstić information content (AvgIpc) is 2.73. The minimum Gasteiger partial charge on any atom is -0.267 e. The van der Waals surface area contributed by atoms with Gasteiger partial charge in [0.15, 0.2) is 0 Å². The number of benzene rings is 1. The van der Waals surface area contributed by atoms with Gasteiger partial charge in [-0.15, -0.1) is 0 Å². The van der Waals surface area contributed by atoms with Crippen molar-refractivity contribution in [2.75, 3.05) is 0 Å². The second-order valence-electron chi connectivity index (χ2n) is 3.63. The van der Waals surface area contributed by atoms with Crippen LogP contribution < -0.4 is 5.14 Å². The van der Waals surface area contributed by atoms with E-state index in [1.807, 2.05) is 0 Å². The van der Waals surface area contributed by atoms with E-state index in [1.54, 1.807) is 12.1 Å². The summed E-state index contributed by atoms with van der Waals surface area (Å²) >= 11 is 3.12. The summed E-state index contributed by atoms with van der Waals surface area (Å²) in [6.07, 6.45) is 2.45. The largest absolute Gasteiger partial charge is 0.267 e. The third-order valence-corrected chi connectivity index (χ3v) is 4.06. The Morgan fingerprint density at radius 1 is 1.44 bits per heavy atom. The number of hydrogen-bond donors (Lipinski definition) is 1. The lowest BCUT2D eigenvalue weighted by atomic mass is 10.2. The summed E-state index contributed by atoms with van der Waals surface area (Å²) in [6.45, 7) is 0.244. The summed E-state index contributed by atoms with van der Waals surface area (Å²) in [4.78, 5) is -0.0741. The molecule has 1 aromatic carbocycles. The monoisotopic (exact) mass is 333 g/mol. The fraction of sp³-hybridized carbons (Fsp3) is 0.100. The molecule has 0 saturated carbocycles. The van der Waals surface area contributed by atoms with Crippen molar-refractivity contribution >= 4 is 26.0 Å². The molecule has 0 saturated heterocycles. The van der Waals surface area contributed by atoms with E-state index in [2.05, 4.69) is 21.0 Å². The zero-order valence-electron chi connectivity index (χ0n) is 9.05. The highest BCUT2D eigenvalue weighted by Gasteiger charge is 2.12. The molecule has 8 heteroatoms. The summed E-state index contributed by atoms with van der Waals surface area (Å²) in [5.74, 6) is -0.383. The number of halogens is 2. The molecule has 1 heterocycles. The molecule has 0 unspecified atom stereocenters. The van der Waals surface area contributed by atoms with Gasteiger partial charge in [0, 0.05) is 6.20 Å². The Labute approximate surface area is 112 Å². The van der Waals surface area contributed by atoms with E-state index in [0.29, 0.717) is 10.0 Å². The van der Waals surface area contributed by atoms with Gasteiger partial charge in [-0.1, -0.05) is 12.1 Å². The first-order valence-electron chi connectivity index (χ1n) is 4.86. The van der Waals surface area contributed by atoms with Crippen LogP contribution in [0.15, 0.2) is 40.0 Å². The molecule has 2 rings (SSSR count). The molecule has 0 bridgehead atoms. The molecule has 0 radical (unpaired) electrons. The van der Waals surface area contributed by atoms with Gasteiger partial charge in [0.05, 0.1) is 17.2 Å². The second kappa shape index (κ2) is 4.79. The van der Waals surface area contributed by atoms with Gasteiger partial charge in [0.25, 0.3) is 0 Å². The van der Waals surface area contributed by atoms with Gasteiger partial charge >= 0.3 is 0 Å². The van der Waals surface area contributed by atoms with Gasteiger partial charge in [-0.05, 0) is 27.6 Å². The molecule has 0 aliphatic heterocycles. The maximum absolute atomic E-state index is 13.3. The molecule has 0 aliphatic rings. The topological polar surface area (TPSA) is 78.0 Å². The van der Waals surface area contributed by atoms with E-state index in [0.717, 1.165) is 6.20 Å². The van der Waals surface area contributed by atoms with Crippen LogP contribution in [0.4, 0.5) is 4.39 Å². The van der Waals surface area contributed by atoms with E-state index < -0.39 is 10.0 Å². The van der Waals surface area contributed by atoms with Crippen LogP contribution in [0.25, 0.3) is 0 Å². The molecule has 2 aromatic rings. The Morgan fingerprint density at radius 2 is 2.17 bits per heavy atom. The molecule has 0 amide bonds. The van der Waals surface area contributed by atoms with Crippen molar-refractivity contribution in [1.29, 1.82) is 0 Å². The Hall–Kier alpha value is -1.25. The summed E-state index contributed by atoms with van der Waals surface area (Å²) in [6, 6.07) is 4.61. The number of rotatable bonds is 3. The second-order valence-corrected chi connectivity index (χ2v) is 5.99. The number of sulfonamides is 1. The average molecular weight is 334 g/mol. The highest BCUT2D eigenvalue weighted by Crippen LogP contribution is 2.21. The molecule has 18 heavy (non-hydrogen) atoms. The third-order valence-electron chi connectivity index (χ3n) is 2.30. The highest BCUT2D eigenvalue weighted by atomic mass is 79.9. The smallest absolute Gasteiger partial charge is 0.241 e. The van der Waals surface area contributed by atoms with Crippen molar-refractivity contribution in [3.8, 4) is 0 Å². The van der Waals surface area contributed by atoms with Crippen molar-refractivity contribution in [3.05, 3.63) is 46.4 Å². The molecule has 0 atom stereocenters. The number of hydrogen-bond acceptors (Lipinski definition) is 3. The lowest BCUT2D eigenvalue weighted by Crippen LogP contribution is -2.11. The summed E-state index contributed by atoms with van der Waals surface area (Å²) < 4.78 is 37.1. The van der Waals surface area contributed by atoms with E-state index in [9.17, 15) is 12.8 Å². The standard InChI is InChI=1S/C10H9BrFN3O2S/c11-10-7(2-1-3-9(10)12)5-15-6-8(4-14-15)18(13,16)17/h1-4,6H,5H2,(H2,13,16,17).